The number of nitrogens with one attached hydrogen (secondary N) is 1. The summed E-state index contributed by atoms with van der Waals surface area (Å²) in [7, 11) is 1.87. The summed E-state index contributed by atoms with van der Waals surface area (Å²) < 4.78 is 1.83. The Labute approximate surface area is 98.7 Å². The van der Waals surface area contributed by atoms with E-state index in [4.69, 9.17) is 11.6 Å². The van der Waals surface area contributed by atoms with Gasteiger partial charge >= 0.3 is 0 Å². The molecular formula is C12H11ClN2O. The number of aryl methyl sites for hydroxylation is 1. The number of rotatable bonds is 2. The van der Waals surface area contributed by atoms with E-state index in [1.165, 1.54) is 0 Å². The molecular weight excluding hydrogens is 224 g/mol. The molecule has 1 heterocycles. The fraction of sp³-hybridized carbons (Fsp3) is 0.0833. The van der Waals surface area contributed by atoms with E-state index in [0.29, 0.717) is 16.3 Å². The number of halogens is 1. The summed E-state index contributed by atoms with van der Waals surface area (Å²) in [6, 6.07) is 8.83. The first kappa shape index (κ1) is 10.8. The summed E-state index contributed by atoms with van der Waals surface area (Å²) in [6.45, 7) is 0. The van der Waals surface area contributed by atoms with Gasteiger partial charge in [0.1, 0.15) is 0 Å². The largest absolute Gasteiger partial charge is 0.356 e. The topological polar surface area (TPSA) is 34.0 Å². The number of hydrogen-bond donors (Lipinski definition) is 1. The van der Waals surface area contributed by atoms with Crippen molar-refractivity contribution in [3.63, 3.8) is 0 Å². The second kappa shape index (κ2) is 4.41. The molecule has 1 amide bonds. The Hall–Kier alpha value is -1.74. The van der Waals surface area contributed by atoms with Gasteiger partial charge in [-0.1, -0.05) is 17.7 Å². The molecule has 0 fully saturated rings. The van der Waals surface area contributed by atoms with E-state index in [1.807, 2.05) is 17.8 Å². The van der Waals surface area contributed by atoms with Gasteiger partial charge in [-0.25, -0.2) is 0 Å². The molecule has 16 heavy (non-hydrogen) atoms. The van der Waals surface area contributed by atoms with Gasteiger partial charge < -0.3 is 9.88 Å². The summed E-state index contributed by atoms with van der Waals surface area (Å²) in [5, 5.41) is 3.38. The third-order valence-corrected chi connectivity index (χ3v) is 2.41. The number of benzene rings is 1. The second-order valence-corrected chi connectivity index (χ2v) is 3.97. The molecule has 4 heteroatoms. The van der Waals surface area contributed by atoms with Gasteiger partial charge in [0.15, 0.2) is 0 Å². The Balaban J connectivity index is 2.13. The van der Waals surface area contributed by atoms with Crippen molar-refractivity contribution in [2.75, 3.05) is 5.32 Å². The van der Waals surface area contributed by atoms with Crippen LogP contribution >= 0.6 is 11.6 Å². The molecule has 1 N–H and O–H groups in total. The summed E-state index contributed by atoms with van der Waals surface area (Å²) >= 11 is 5.82. The van der Waals surface area contributed by atoms with Crippen molar-refractivity contribution in [2.24, 2.45) is 7.05 Å². The highest BCUT2D eigenvalue weighted by Gasteiger charge is 2.06. The van der Waals surface area contributed by atoms with Crippen molar-refractivity contribution in [1.29, 1.82) is 0 Å². The number of carbonyl (C=O) groups is 1. The van der Waals surface area contributed by atoms with Crippen LogP contribution in [0.5, 0.6) is 0 Å². The van der Waals surface area contributed by atoms with Gasteiger partial charge in [0.25, 0.3) is 5.91 Å². The highest BCUT2D eigenvalue weighted by atomic mass is 35.5. The van der Waals surface area contributed by atoms with Crippen LogP contribution in [0.25, 0.3) is 0 Å². The monoisotopic (exact) mass is 234 g/mol. The molecule has 82 valence electrons. The molecule has 1 aromatic carbocycles. The minimum absolute atomic E-state index is 0.136. The number of aromatic nitrogens is 1. The smallest absolute Gasteiger partial charge is 0.257 e. The lowest BCUT2D eigenvalue weighted by molar-refractivity contribution is 0.102. The first-order valence-electron chi connectivity index (χ1n) is 4.84. The van der Waals surface area contributed by atoms with E-state index in [9.17, 15) is 4.79 Å². The Morgan fingerprint density at radius 2 is 2.19 bits per heavy atom. The van der Waals surface area contributed by atoms with Crippen molar-refractivity contribution < 1.29 is 4.79 Å². The molecule has 0 radical (unpaired) electrons. The van der Waals surface area contributed by atoms with E-state index in [-0.39, 0.29) is 5.91 Å². The Bertz CT molecular complexity index is 519. The molecule has 0 spiro atoms. The maximum atomic E-state index is 11.8. The van der Waals surface area contributed by atoms with Crippen molar-refractivity contribution in [2.45, 2.75) is 0 Å². The summed E-state index contributed by atoms with van der Waals surface area (Å²) in [5.41, 5.74) is 1.32. The number of nitrogens with zero attached hydrogens (tertiary/aromatic N) is 1. The van der Waals surface area contributed by atoms with Gasteiger partial charge in [0.05, 0.1) is 5.56 Å². The van der Waals surface area contributed by atoms with Crippen molar-refractivity contribution >= 4 is 23.2 Å². The van der Waals surface area contributed by atoms with Gasteiger partial charge in [-0.15, -0.1) is 0 Å². The summed E-state index contributed by atoms with van der Waals surface area (Å²) in [4.78, 5) is 11.8. The van der Waals surface area contributed by atoms with E-state index in [2.05, 4.69) is 5.32 Å². The lowest BCUT2D eigenvalue weighted by atomic mass is 10.3. The van der Waals surface area contributed by atoms with Gasteiger partial charge in [0.2, 0.25) is 0 Å². The molecule has 2 rings (SSSR count). The van der Waals surface area contributed by atoms with Crippen molar-refractivity contribution in [3.8, 4) is 0 Å². The molecule has 0 saturated heterocycles. The number of anilines is 1. The number of hydrogen-bond acceptors (Lipinski definition) is 1. The zero-order chi connectivity index (χ0) is 11.5. The van der Waals surface area contributed by atoms with Gasteiger partial charge in [-0.2, -0.15) is 0 Å². The molecule has 2 aromatic rings. The average Bonchev–Trinajstić information content (AvgIpc) is 2.65. The van der Waals surface area contributed by atoms with Crippen LogP contribution in [0, 0.1) is 0 Å². The van der Waals surface area contributed by atoms with E-state index in [1.54, 1.807) is 36.5 Å². The van der Waals surface area contributed by atoms with E-state index < -0.39 is 0 Å². The molecule has 3 nitrogen and oxygen atoms in total. The lowest BCUT2D eigenvalue weighted by Gasteiger charge is -2.03. The zero-order valence-corrected chi connectivity index (χ0v) is 9.53. The molecule has 0 unspecified atom stereocenters. The van der Waals surface area contributed by atoms with E-state index in [0.717, 1.165) is 0 Å². The molecule has 0 atom stereocenters. The molecule has 0 bridgehead atoms. The maximum absolute atomic E-state index is 11.8. The Morgan fingerprint density at radius 3 is 2.81 bits per heavy atom. The summed E-state index contributed by atoms with van der Waals surface area (Å²) in [5.74, 6) is -0.136. The minimum atomic E-state index is -0.136. The van der Waals surface area contributed by atoms with Gasteiger partial charge in [0, 0.05) is 30.2 Å². The molecule has 0 aliphatic carbocycles. The summed E-state index contributed by atoms with van der Waals surface area (Å²) in [6.07, 6.45) is 3.59. The Kier molecular flexibility index (Phi) is 2.97. The molecule has 0 saturated carbocycles. The molecule has 0 aliphatic rings. The fourth-order valence-electron chi connectivity index (χ4n) is 1.41. The van der Waals surface area contributed by atoms with Crippen LogP contribution < -0.4 is 5.32 Å². The van der Waals surface area contributed by atoms with Crippen LogP contribution in [-0.2, 0) is 7.05 Å². The SMILES string of the molecule is Cn1ccc(C(=O)Nc2cccc(Cl)c2)c1. The minimum Gasteiger partial charge on any atom is -0.356 e. The zero-order valence-electron chi connectivity index (χ0n) is 8.77. The maximum Gasteiger partial charge on any atom is 0.257 e. The van der Waals surface area contributed by atoms with Crippen LogP contribution in [0.3, 0.4) is 0 Å². The predicted molar refractivity (Wildman–Crippen MR) is 64.8 cm³/mol. The van der Waals surface area contributed by atoms with Crippen molar-refractivity contribution in [3.05, 3.63) is 53.3 Å². The third-order valence-electron chi connectivity index (χ3n) is 2.18. The van der Waals surface area contributed by atoms with Crippen LogP contribution in [0.2, 0.25) is 5.02 Å². The second-order valence-electron chi connectivity index (χ2n) is 3.53. The Morgan fingerprint density at radius 1 is 1.38 bits per heavy atom. The van der Waals surface area contributed by atoms with Gasteiger partial charge in [-0.05, 0) is 24.3 Å². The molecule has 1 aromatic heterocycles. The van der Waals surface area contributed by atoms with Crippen LogP contribution in [-0.4, -0.2) is 10.5 Å². The average molecular weight is 235 g/mol. The van der Waals surface area contributed by atoms with Crippen molar-refractivity contribution in [1.82, 2.24) is 4.57 Å². The normalized spacial score (nSPS) is 10.1. The van der Waals surface area contributed by atoms with Crippen LogP contribution in [0.4, 0.5) is 5.69 Å². The highest BCUT2D eigenvalue weighted by molar-refractivity contribution is 6.30. The molecule has 0 aliphatic heterocycles. The van der Waals surface area contributed by atoms with Crippen LogP contribution in [0.15, 0.2) is 42.7 Å². The first-order valence-corrected chi connectivity index (χ1v) is 5.22. The quantitative estimate of drug-likeness (QED) is 0.852. The first-order chi connectivity index (χ1) is 7.65. The standard InChI is InChI=1S/C12H11ClN2O/c1-15-6-5-9(8-15)12(16)14-11-4-2-3-10(13)7-11/h2-8H,1H3,(H,14,16). The number of amides is 1. The fourth-order valence-corrected chi connectivity index (χ4v) is 1.60. The van der Waals surface area contributed by atoms with Gasteiger partial charge in [-0.3, -0.25) is 4.79 Å². The lowest BCUT2D eigenvalue weighted by Crippen LogP contribution is -2.10. The number of carbonyl (C=O) groups excluding carboxylic acids is 1. The third kappa shape index (κ3) is 2.44. The highest BCUT2D eigenvalue weighted by Crippen LogP contribution is 2.15. The van der Waals surface area contributed by atoms with Crippen LogP contribution in [0.1, 0.15) is 10.4 Å². The predicted octanol–water partition coefficient (Wildman–Crippen LogP) is 2.93. The van der Waals surface area contributed by atoms with E-state index >= 15 is 0 Å².